The molecule has 0 radical (unpaired) electrons. The van der Waals surface area contributed by atoms with E-state index in [9.17, 15) is 4.79 Å². The summed E-state index contributed by atoms with van der Waals surface area (Å²) >= 11 is 3.42. The predicted octanol–water partition coefficient (Wildman–Crippen LogP) is 3.09. The summed E-state index contributed by atoms with van der Waals surface area (Å²) in [7, 11) is 0. The van der Waals surface area contributed by atoms with Gasteiger partial charge in [-0.05, 0) is 63.0 Å². The van der Waals surface area contributed by atoms with Crippen LogP contribution in [0, 0.1) is 12.8 Å². The number of aromatic nitrogens is 2. The summed E-state index contributed by atoms with van der Waals surface area (Å²) in [6.45, 7) is 4.80. The topological polar surface area (TPSA) is 59.0 Å². The smallest absolute Gasteiger partial charge is 0.254 e. The third-order valence-electron chi connectivity index (χ3n) is 4.33. The molecule has 1 unspecified atom stereocenters. The van der Waals surface area contributed by atoms with Gasteiger partial charge in [-0.2, -0.15) is 5.10 Å². The number of carbonyl (C=O) groups is 1. The van der Waals surface area contributed by atoms with Crippen LogP contribution in [0.25, 0.3) is 5.69 Å². The number of nitrogens with zero attached hydrogens (tertiary/aromatic N) is 2. The minimum Gasteiger partial charge on any atom is -0.352 e. The summed E-state index contributed by atoms with van der Waals surface area (Å²) in [5.41, 5.74) is 2.44. The van der Waals surface area contributed by atoms with Crippen molar-refractivity contribution in [3.8, 4) is 5.69 Å². The van der Waals surface area contributed by atoms with Crippen LogP contribution in [0.4, 0.5) is 0 Å². The largest absolute Gasteiger partial charge is 0.352 e. The van der Waals surface area contributed by atoms with Crippen LogP contribution in [0.3, 0.4) is 0 Å². The SMILES string of the molecule is Cc1c(C(=O)NCCC2CCNC2)cnn1-c1ccc(Br)cc1.Cl. The van der Waals surface area contributed by atoms with Crippen LogP contribution in [-0.2, 0) is 0 Å². The molecule has 1 aliphatic rings. The van der Waals surface area contributed by atoms with E-state index in [0.717, 1.165) is 35.4 Å². The minimum absolute atomic E-state index is 0. The molecule has 2 N–H and O–H groups in total. The third-order valence-corrected chi connectivity index (χ3v) is 4.85. The van der Waals surface area contributed by atoms with E-state index in [1.165, 1.54) is 6.42 Å². The Labute approximate surface area is 156 Å². The van der Waals surface area contributed by atoms with E-state index >= 15 is 0 Å². The van der Waals surface area contributed by atoms with Gasteiger partial charge in [-0.1, -0.05) is 15.9 Å². The van der Waals surface area contributed by atoms with Crippen molar-refractivity contribution in [3.63, 3.8) is 0 Å². The Balaban J connectivity index is 0.00000208. The molecule has 1 aromatic carbocycles. The van der Waals surface area contributed by atoms with Gasteiger partial charge in [0.2, 0.25) is 0 Å². The van der Waals surface area contributed by atoms with E-state index in [4.69, 9.17) is 0 Å². The first-order valence-corrected chi connectivity index (χ1v) is 8.74. The monoisotopic (exact) mass is 412 g/mol. The Kier molecular flexibility index (Phi) is 6.83. The predicted molar refractivity (Wildman–Crippen MR) is 101 cm³/mol. The lowest BCUT2D eigenvalue weighted by Crippen LogP contribution is -2.26. The summed E-state index contributed by atoms with van der Waals surface area (Å²) in [5.74, 6) is 0.638. The van der Waals surface area contributed by atoms with Gasteiger partial charge in [-0.3, -0.25) is 4.79 Å². The molecule has 1 atom stereocenters. The van der Waals surface area contributed by atoms with Crippen LogP contribution in [0.15, 0.2) is 34.9 Å². The summed E-state index contributed by atoms with van der Waals surface area (Å²) in [6, 6.07) is 7.87. The molecule has 1 aliphatic heterocycles. The number of amides is 1. The van der Waals surface area contributed by atoms with Crippen LogP contribution in [-0.4, -0.2) is 35.3 Å². The van der Waals surface area contributed by atoms with Gasteiger partial charge in [0.1, 0.15) is 0 Å². The highest BCUT2D eigenvalue weighted by Gasteiger charge is 2.17. The number of nitrogens with one attached hydrogen (secondary N) is 2. The van der Waals surface area contributed by atoms with E-state index in [1.807, 2.05) is 31.2 Å². The number of rotatable bonds is 5. The molecule has 3 rings (SSSR count). The summed E-state index contributed by atoms with van der Waals surface area (Å²) in [4.78, 5) is 12.4. The minimum atomic E-state index is -0.0446. The van der Waals surface area contributed by atoms with Crippen molar-refractivity contribution in [2.45, 2.75) is 19.8 Å². The van der Waals surface area contributed by atoms with Crippen molar-refractivity contribution in [2.24, 2.45) is 5.92 Å². The number of hydrogen-bond donors (Lipinski definition) is 2. The third kappa shape index (κ3) is 4.37. The van der Waals surface area contributed by atoms with Gasteiger partial charge in [-0.25, -0.2) is 4.68 Å². The summed E-state index contributed by atoms with van der Waals surface area (Å²) < 4.78 is 2.81. The summed E-state index contributed by atoms with van der Waals surface area (Å²) in [6.07, 6.45) is 3.87. The van der Waals surface area contributed by atoms with Gasteiger partial charge in [0.05, 0.1) is 23.1 Å². The highest BCUT2D eigenvalue weighted by atomic mass is 79.9. The van der Waals surface area contributed by atoms with E-state index < -0.39 is 0 Å². The molecular formula is C17H22BrClN4O. The van der Waals surface area contributed by atoms with Gasteiger partial charge in [-0.15, -0.1) is 12.4 Å². The average Bonchev–Trinajstić information content (AvgIpc) is 3.18. The van der Waals surface area contributed by atoms with Crippen LogP contribution >= 0.6 is 28.3 Å². The molecular weight excluding hydrogens is 392 g/mol. The van der Waals surface area contributed by atoms with Gasteiger partial charge < -0.3 is 10.6 Å². The molecule has 1 aromatic heterocycles. The second-order valence-electron chi connectivity index (χ2n) is 5.94. The van der Waals surface area contributed by atoms with Crippen molar-refractivity contribution in [1.29, 1.82) is 0 Å². The molecule has 5 nitrogen and oxygen atoms in total. The molecule has 1 fully saturated rings. The van der Waals surface area contributed by atoms with Crippen molar-refractivity contribution in [3.05, 3.63) is 46.2 Å². The van der Waals surface area contributed by atoms with E-state index in [-0.39, 0.29) is 18.3 Å². The Morgan fingerprint density at radius 1 is 1.42 bits per heavy atom. The lowest BCUT2D eigenvalue weighted by atomic mass is 10.1. The van der Waals surface area contributed by atoms with Crippen molar-refractivity contribution < 1.29 is 4.79 Å². The molecule has 1 saturated heterocycles. The first-order valence-electron chi connectivity index (χ1n) is 7.94. The molecule has 2 heterocycles. The van der Waals surface area contributed by atoms with Crippen LogP contribution < -0.4 is 10.6 Å². The second-order valence-corrected chi connectivity index (χ2v) is 6.85. The highest BCUT2D eigenvalue weighted by Crippen LogP contribution is 2.17. The Hall–Kier alpha value is -1.37. The molecule has 24 heavy (non-hydrogen) atoms. The Morgan fingerprint density at radius 2 is 2.17 bits per heavy atom. The fourth-order valence-corrected chi connectivity index (χ4v) is 3.19. The molecule has 1 amide bonds. The van der Waals surface area contributed by atoms with Crippen LogP contribution in [0.2, 0.25) is 0 Å². The number of benzene rings is 1. The van der Waals surface area contributed by atoms with Crippen molar-refractivity contribution in [2.75, 3.05) is 19.6 Å². The van der Waals surface area contributed by atoms with Gasteiger partial charge in [0, 0.05) is 11.0 Å². The van der Waals surface area contributed by atoms with E-state index in [1.54, 1.807) is 10.9 Å². The molecule has 7 heteroatoms. The van der Waals surface area contributed by atoms with Crippen molar-refractivity contribution in [1.82, 2.24) is 20.4 Å². The normalized spacial score (nSPS) is 16.7. The molecule has 130 valence electrons. The lowest BCUT2D eigenvalue weighted by Gasteiger charge is -2.09. The molecule has 0 bridgehead atoms. The fourth-order valence-electron chi connectivity index (χ4n) is 2.92. The maximum Gasteiger partial charge on any atom is 0.254 e. The van der Waals surface area contributed by atoms with Crippen LogP contribution in [0.1, 0.15) is 28.9 Å². The van der Waals surface area contributed by atoms with Gasteiger partial charge in [0.15, 0.2) is 0 Å². The zero-order valence-corrected chi connectivity index (χ0v) is 16.0. The standard InChI is InChI=1S/C17H21BrN4O.ClH/c1-12-16(17(23)20-9-7-13-6-8-19-10-13)11-21-22(12)15-4-2-14(18)3-5-15;/h2-5,11,13,19H,6-10H2,1H3,(H,20,23);1H. The van der Waals surface area contributed by atoms with Gasteiger partial charge >= 0.3 is 0 Å². The maximum atomic E-state index is 12.4. The molecule has 0 aliphatic carbocycles. The molecule has 0 saturated carbocycles. The molecule has 2 aromatic rings. The Bertz CT molecular complexity index is 680. The second kappa shape index (κ2) is 8.65. The fraction of sp³-hybridized carbons (Fsp3) is 0.412. The Morgan fingerprint density at radius 3 is 2.83 bits per heavy atom. The zero-order valence-electron chi connectivity index (χ0n) is 13.6. The first kappa shape index (κ1) is 19.0. The number of hydrogen-bond acceptors (Lipinski definition) is 3. The lowest BCUT2D eigenvalue weighted by molar-refractivity contribution is 0.0951. The highest BCUT2D eigenvalue weighted by molar-refractivity contribution is 9.10. The first-order chi connectivity index (χ1) is 11.1. The number of carbonyl (C=O) groups excluding carboxylic acids is 1. The number of halogens is 2. The van der Waals surface area contributed by atoms with Gasteiger partial charge in [0.25, 0.3) is 5.91 Å². The van der Waals surface area contributed by atoms with Crippen LogP contribution in [0.5, 0.6) is 0 Å². The van der Waals surface area contributed by atoms with E-state index in [2.05, 4.69) is 31.7 Å². The molecule has 0 spiro atoms. The average molecular weight is 414 g/mol. The zero-order chi connectivity index (χ0) is 16.2. The maximum absolute atomic E-state index is 12.4. The quantitative estimate of drug-likeness (QED) is 0.792. The summed E-state index contributed by atoms with van der Waals surface area (Å²) in [5, 5.41) is 10.7. The van der Waals surface area contributed by atoms with Crippen molar-refractivity contribution >= 4 is 34.2 Å². The van der Waals surface area contributed by atoms with E-state index in [0.29, 0.717) is 18.0 Å².